The maximum atomic E-state index is 4.53. The van der Waals surface area contributed by atoms with Crippen molar-refractivity contribution in [3.05, 3.63) is 49.3 Å². The Morgan fingerprint density at radius 1 is 0.955 bits per heavy atom. The molecule has 0 spiro atoms. The number of aromatic nitrogens is 4. The van der Waals surface area contributed by atoms with Gasteiger partial charge in [0.1, 0.15) is 0 Å². The Balaban J connectivity index is 1.82. The first-order valence-corrected chi connectivity index (χ1v) is 7.81. The van der Waals surface area contributed by atoms with Crippen LogP contribution in [0.25, 0.3) is 11.0 Å². The minimum absolute atomic E-state index is 0.0218. The molecule has 0 fully saturated rings. The molecule has 0 N–H and O–H groups in total. The molecule has 22 heavy (non-hydrogen) atoms. The number of imidazole rings is 2. The largest absolute Gasteiger partial charge is 0.332 e. The zero-order valence-corrected chi connectivity index (χ0v) is 13.8. The average Bonchev–Trinajstić information content (AvgIpc) is 3.15. The van der Waals surface area contributed by atoms with Crippen LogP contribution in [0.15, 0.2) is 49.3 Å². The molecular weight excluding hydrogens is 272 g/mol. The Hall–Kier alpha value is -2.10. The van der Waals surface area contributed by atoms with Gasteiger partial charge in [0.2, 0.25) is 0 Å². The van der Waals surface area contributed by atoms with Crippen LogP contribution >= 0.6 is 0 Å². The van der Waals surface area contributed by atoms with Crippen LogP contribution in [0, 0.1) is 0 Å². The molecule has 2 aromatic heterocycles. The van der Waals surface area contributed by atoms with Crippen molar-refractivity contribution < 1.29 is 0 Å². The molecule has 3 rings (SSSR count). The van der Waals surface area contributed by atoms with E-state index in [0.29, 0.717) is 0 Å². The Morgan fingerprint density at radius 2 is 1.68 bits per heavy atom. The molecule has 0 aliphatic rings. The van der Waals surface area contributed by atoms with Crippen molar-refractivity contribution in [3.63, 3.8) is 0 Å². The highest BCUT2D eigenvalue weighted by atomic mass is 15.1. The van der Waals surface area contributed by atoms with Gasteiger partial charge in [0, 0.05) is 23.5 Å². The van der Waals surface area contributed by atoms with Crippen LogP contribution in [0.4, 0.5) is 0 Å². The van der Waals surface area contributed by atoms with Crippen LogP contribution in [0.1, 0.15) is 40.5 Å². The summed E-state index contributed by atoms with van der Waals surface area (Å²) in [7, 11) is 0. The molecule has 0 saturated heterocycles. The van der Waals surface area contributed by atoms with E-state index < -0.39 is 0 Å². The monoisotopic (exact) mass is 296 g/mol. The van der Waals surface area contributed by atoms with Crippen molar-refractivity contribution in [2.24, 2.45) is 0 Å². The van der Waals surface area contributed by atoms with Gasteiger partial charge in [0.25, 0.3) is 0 Å². The highest BCUT2D eigenvalue weighted by Gasteiger charge is 2.27. The van der Waals surface area contributed by atoms with Crippen molar-refractivity contribution in [2.75, 3.05) is 0 Å². The van der Waals surface area contributed by atoms with E-state index in [9.17, 15) is 0 Å². The van der Waals surface area contributed by atoms with Crippen molar-refractivity contribution in [1.29, 1.82) is 0 Å². The third-order valence-electron chi connectivity index (χ3n) is 4.66. The van der Waals surface area contributed by atoms with E-state index in [1.54, 1.807) is 0 Å². The summed E-state index contributed by atoms with van der Waals surface area (Å²) < 4.78 is 4.49. The second-order valence-electron chi connectivity index (χ2n) is 7.20. The van der Waals surface area contributed by atoms with E-state index in [1.807, 2.05) is 31.1 Å². The van der Waals surface area contributed by atoms with Gasteiger partial charge in [-0.15, -0.1) is 0 Å². The number of benzene rings is 1. The topological polar surface area (TPSA) is 35.6 Å². The number of hydrogen-bond acceptors (Lipinski definition) is 2. The van der Waals surface area contributed by atoms with Gasteiger partial charge in [-0.05, 0) is 52.7 Å². The fraction of sp³-hybridized carbons (Fsp3) is 0.444. The van der Waals surface area contributed by atoms with E-state index in [4.69, 9.17) is 0 Å². The van der Waals surface area contributed by atoms with Crippen molar-refractivity contribution in [1.82, 2.24) is 19.1 Å². The summed E-state index contributed by atoms with van der Waals surface area (Å²) in [6.07, 6.45) is 9.89. The van der Waals surface area contributed by atoms with Gasteiger partial charge in [0.05, 0.1) is 23.7 Å². The minimum Gasteiger partial charge on any atom is -0.332 e. The molecule has 0 saturated carbocycles. The van der Waals surface area contributed by atoms with Gasteiger partial charge in [-0.25, -0.2) is 9.97 Å². The van der Waals surface area contributed by atoms with Crippen molar-refractivity contribution >= 4 is 11.0 Å². The molecule has 0 amide bonds. The van der Waals surface area contributed by atoms with Gasteiger partial charge >= 0.3 is 0 Å². The molecule has 4 nitrogen and oxygen atoms in total. The lowest BCUT2D eigenvalue weighted by atomic mass is 9.89. The zero-order chi connectivity index (χ0) is 15.8. The number of para-hydroxylation sites is 2. The maximum Gasteiger partial charge on any atom is 0.0963 e. The Kier molecular flexibility index (Phi) is 3.55. The number of nitrogens with zero attached hydrogens (tertiary/aromatic N) is 4. The SMILES string of the molecule is CC(C)(CCC(C)(C)n1cnc2ccccc21)n1ccnc1. The summed E-state index contributed by atoms with van der Waals surface area (Å²) >= 11 is 0. The predicted octanol–water partition coefficient (Wildman–Crippen LogP) is 4.18. The molecule has 0 atom stereocenters. The summed E-state index contributed by atoms with van der Waals surface area (Å²) in [5, 5.41) is 0. The normalized spacial score (nSPS) is 12.9. The second kappa shape index (κ2) is 5.27. The lowest BCUT2D eigenvalue weighted by Gasteiger charge is -2.33. The van der Waals surface area contributed by atoms with E-state index >= 15 is 0 Å². The number of rotatable bonds is 5. The highest BCUT2D eigenvalue weighted by molar-refractivity contribution is 5.75. The fourth-order valence-corrected chi connectivity index (χ4v) is 2.92. The summed E-state index contributed by atoms with van der Waals surface area (Å²) in [5.74, 6) is 0. The zero-order valence-electron chi connectivity index (χ0n) is 13.8. The van der Waals surface area contributed by atoms with Crippen LogP contribution in [-0.2, 0) is 11.1 Å². The Labute approximate surface area is 131 Å². The lowest BCUT2D eigenvalue weighted by Crippen LogP contribution is -2.31. The first-order valence-electron chi connectivity index (χ1n) is 7.81. The van der Waals surface area contributed by atoms with Crippen LogP contribution in [0.3, 0.4) is 0 Å². The van der Waals surface area contributed by atoms with Crippen LogP contribution in [0.5, 0.6) is 0 Å². The molecule has 0 aliphatic heterocycles. The summed E-state index contributed by atoms with van der Waals surface area (Å²) in [5.41, 5.74) is 2.34. The van der Waals surface area contributed by atoms with Gasteiger partial charge < -0.3 is 9.13 Å². The molecule has 1 aromatic carbocycles. The molecular formula is C18H24N4. The number of fused-ring (bicyclic) bond motifs is 1. The molecule has 0 bridgehead atoms. The number of hydrogen-bond donors (Lipinski definition) is 0. The third-order valence-corrected chi connectivity index (χ3v) is 4.66. The van der Waals surface area contributed by atoms with E-state index in [1.165, 1.54) is 5.52 Å². The van der Waals surface area contributed by atoms with Crippen LogP contribution < -0.4 is 0 Å². The molecule has 4 heteroatoms. The van der Waals surface area contributed by atoms with Gasteiger partial charge in [0.15, 0.2) is 0 Å². The molecule has 0 unspecified atom stereocenters. The van der Waals surface area contributed by atoms with Crippen molar-refractivity contribution in [3.8, 4) is 0 Å². The average molecular weight is 296 g/mol. The van der Waals surface area contributed by atoms with Gasteiger partial charge in [-0.1, -0.05) is 12.1 Å². The summed E-state index contributed by atoms with van der Waals surface area (Å²) in [6.45, 7) is 9.09. The van der Waals surface area contributed by atoms with Crippen LogP contribution in [0.2, 0.25) is 0 Å². The first-order chi connectivity index (χ1) is 10.4. The molecule has 0 aliphatic carbocycles. The fourth-order valence-electron chi connectivity index (χ4n) is 2.92. The van der Waals surface area contributed by atoms with Gasteiger partial charge in [-0.2, -0.15) is 0 Å². The highest BCUT2D eigenvalue weighted by Crippen LogP contribution is 2.31. The molecule has 0 radical (unpaired) electrons. The Bertz CT molecular complexity index is 750. The predicted molar refractivity (Wildman–Crippen MR) is 89.8 cm³/mol. The van der Waals surface area contributed by atoms with E-state index in [0.717, 1.165) is 18.4 Å². The molecule has 3 aromatic rings. The first kappa shape index (κ1) is 14.8. The minimum atomic E-state index is 0.0218. The van der Waals surface area contributed by atoms with Crippen molar-refractivity contribution in [2.45, 2.75) is 51.6 Å². The smallest absolute Gasteiger partial charge is 0.0963 e. The van der Waals surface area contributed by atoms with E-state index in [-0.39, 0.29) is 11.1 Å². The Morgan fingerprint density at radius 3 is 2.41 bits per heavy atom. The molecule has 2 heterocycles. The summed E-state index contributed by atoms with van der Waals surface area (Å²) in [6, 6.07) is 8.32. The second-order valence-corrected chi connectivity index (χ2v) is 7.20. The lowest BCUT2D eigenvalue weighted by molar-refractivity contribution is 0.243. The standard InChI is InChI=1S/C18H24N4/c1-17(2,21-12-11-19-13-21)9-10-18(3,4)22-14-20-15-7-5-6-8-16(15)22/h5-8,11-14H,9-10H2,1-4H3. The third kappa shape index (κ3) is 2.65. The van der Waals surface area contributed by atoms with E-state index in [2.05, 4.69) is 65.0 Å². The van der Waals surface area contributed by atoms with Crippen LogP contribution in [-0.4, -0.2) is 19.1 Å². The summed E-state index contributed by atoms with van der Waals surface area (Å²) in [4.78, 5) is 8.70. The quantitative estimate of drug-likeness (QED) is 0.708. The molecule has 116 valence electrons. The maximum absolute atomic E-state index is 4.53. The van der Waals surface area contributed by atoms with Gasteiger partial charge in [-0.3, -0.25) is 0 Å².